The van der Waals surface area contributed by atoms with Gasteiger partial charge in [0.25, 0.3) is 0 Å². The normalized spacial score (nSPS) is 19.6. The minimum atomic E-state index is 0.517. The van der Waals surface area contributed by atoms with E-state index in [1.807, 2.05) is 19.1 Å². The Morgan fingerprint density at radius 3 is 3.04 bits per heavy atom. The summed E-state index contributed by atoms with van der Waals surface area (Å²) in [5, 5.41) is 0. The van der Waals surface area contributed by atoms with E-state index < -0.39 is 0 Å². The van der Waals surface area contributed by atoms with Gasteiger partial charge in [-0.3, -0.25) is 0 Å². The molecule has 2 N–H and O–H groups in total. The van der Waals surface area contributed by atoms with Crippen molar-refractivity contribution in [2.75, 3.05) is 24.5 Å². The Kier molecular flexibility index (Phi) is 4.57. The largest absolute Gasteiger partial charge is 0.487 e. The Morgan fingerprint density at radius 2 is 2.16 bits per heavy atom. The summed E-state index contributed by atoms with van der Waals surface area (Å²) in [5.41, 5.74) is 9.26. The number of nitrogens with two attached hydrogens (primary N) is 1. The molecule has 0 saturated carbocycles. The summed E-state index contributed by atoms with van der Waals surface area (Å²) in [4.78, 5) is 12.0. The number of aromatic nitrogens is 2. The first-order valence-corrected chi connectivity index (χ1v) is 9.26. The van der Waals surface area contributed by atoms with Crippen LogP contribution in [0.25, 0.3) is 0 Å². The van der Waals surface area contributed by atoms with Crippen LogP contribution in [0.15, 0.2) is 24.3 Å². The maximum atomic E-state index is 6.01. The highest BCUT2D eigenvalue weighted by Gasteiger charge is 2.26. The molecule has 1 atom stereocenters. The zero-order valence-electron chi connectivity index (χ0n) is 14.9. The van der Waals surface area contributed by atoms with Crippen LogP contribution in [0.5, 0.6) is 5.75 Å². The Balaban J connectivity index is 1.71. The number of nitrogens with zero attached hydrogens (tertiary/aromatic N) is 3. The van der Waals surface area contributed by atoms with E-state index in [0.717, 1.165) is 55.6 Å². The molecule has 25 heavy (non-hydrogen) atoms. The molecule has 0 amide bonds. The molecule has 2 aromatic rings. The van der Waals surface area contributed by atoms with E-state index in [9.17, 15) is 0 Å². The van der Waals surface area contributed by atoms with Gasteiger partial charge in [-0.25, -0.2) is 9.97 Å². The first-order chi connectivity index (χ1) is 12.2. The van der Waals surface area contributed by atoms with Crippen LogP contribution in [-0.2, 0) is 13.0 Å². The monoisotopic (exact) mass is 338 g/mol. The molecule has 0 spiro atoms. The molecule has 5 heteroatoms. The topological polar surface area (TPSA) is 64.3 Å². The van der Waals surface area contributed by atoms with Crippen molar-refractivity contribution in [1.29, 1.82) is 0 Å². The van der Waals surface area contributed by atoms with Crippen molar-refractivity contribution < 1.29 is 4.74 Å². The molecule has 5 nitrogen and oxygen atoms in total. The zero-order chi connectivity index (χ0) is 17.2. The second-order valence-corrected chi connectivity index (χ2v) is 7.12. The van der Waals surface area contributed by atoms with Crippen molar-refractivity contribution in [2.45, 2.75) is 39.2 Å². The fourth-order valence-corrected chi connectivity index (χ4v) is 4.06. The molecule has 1 aromatic carbocycles. The summed E-state index contributed by atoms with van der Waals surface area (Å²) in [6, 6.07) is 8.27. The fourth-order valence-electron chi connectivity index (χ4n) is 4.06. The number of piperidine rings is 1. The van der Waals surface area contributed by atoms with Gasteiger partial charge in [0.1, 0.15) is 24.0 Å². The Bertz CT molecular complexity index is 759. The molecule has 1 saturated heterocycles. The molecule has 0 bridgehead atoms. The molecule has 4 rings (SSSR count). The van der Waals surface area contributed by atoms with Crippen LogP contribution in [-0.4, -0.2) is 29.6 Å². The predicted molar refractivity (Wildman–Crippen MR) is 99.0 cm³/mol. The average molecular weight is 338 g/mol. The number of para-hydroxylation sites is 1. The van der Waals surface area contributed by atoms with E-state index in [0.29, 0.717) is 12.5 Å². The molecular weight excluding hydrogens is 312 g/mol. The molecule has 1 aromatic heterocycles. The number of fused-ring (bicyclic) bond motifs is 2. The average Bonchev–Trinajstić information content (AvgIpc) is 2.81. The lowest BCUT2D eigenvalue weighted by Gasteiger charge is -2.35. The van der Waals surface area contributed by atoms with Gasteiger partial charge in [-0.05, 0) is 50.3 Å². The number of rotatable bonds is 3. The van der Waals surface area contributed by atoms with Crippen molar-refractivity contribution in [1.82, 2.24) is 9.97 Å². The smallest absolute Gasteiger partial charge is 0.136 e. The van der Waals surface area contributed by atoms with E-state index in [4.69, 9.17) is 15.5 Å². The lowest BCUT2D eigenvalue weighted by molar-refractivity contribution is 0.301. The van der Waals surface area contributed by atoms with Gasteiger partial charge in [0.15, 0.2) is 0 Å². The summed E-state index contributed by atoms with van der Waals surface area (Å²) in [5.74, 6) is 3.55. The summed E-state index contributed by atoms with van der Waals surface area (Å²) in [6.07, 6.45) is 4.40. The summed E-state index contributed by atoms with van der Waals surface area (Å²) >= 11 is 0. The highest BCUT2D eigenvalue weighted by molar-refractivity contribution is 5.54. The first kappa shape index (κ1) is 16.3. The number of aryl methyl sites for hydroxylation is 1. The van der Waals surface area contributed by atoms with E-state index >= 15 is 0 Å². The van der Waals surface area contributed by atoms with Crippen molar-refractivity contribution in [2.24, 2.45) is 11.7 Å². The lowest BCUT2D eigenvalue weighted by Crippen LogP contribution is -2.37. The standard InChI is InChI=1S/C20H26N4O/c1-14-22-18-13-25-19-7-3-2-6-16(19)11-17(18)20(23-14)24-10-4-5-15(12-24)8-9-21/h2-3,6-7,15H,4-5,8-13,21H2,1H3. The Hall–Kier alpha value is -2.14. The lowest BCUT2D eigenvalue weighted by atomic mass is 9.94. The van der Waals surface area contributed by atoms with Crippen molar-refractivity contribution >= 4 is 5.82 Å². The van der Waals surface area contributed by atoms with Gasteiger partial charge in [0.05, 0.1) is 5.69 Å². The number of hydrogen-bond acceptors (Lipinski definition) is 5. The van der Waals surface area contributed by atoms with E-state index in [-0.39, 0.29) is 0 Å². The number of hydrogen-bond donors (Lipinski definition) is 1. The Morgan fingerprint density at radius 1 is 1.28 bits per heavy atom. The predicted octanol–water partition coefficient (Wildman–Crippen LogP) is 2.83. The first-order valence-electron chi connectivity index (χ1n) is 9.26. The molecule has 1 fully saturated rings. The summed E-state index contributed by atoms with van der Waals surface area (Å²) in [7, 11) is 0. The van der Waals surface area contributed by atoms with E-state index in [1.54, 1.807) is 0 Å². The van der Waals surface area contributed by atoms with Gasteiger partial charge in [-0.1, -0.05) is 18.2 Å². The van der Waals surface area contributed by atoms with E-state index in [2.05, 4.69) is 22.0 Å². The van der Waals surface area contributed by atoms with Gasteiger partial charge in [0, 0.05) is 25.1 Å². The Labute approximate surface area is 149 Å². The second kappa shape index (κ2) is 7.00. The quantitative estimate of drug-likeness (QED) is 0.932. The molecule has 2 aliphatic rings. The van der Waals surface area contributed by atoms with Crippen LogP contribution in [0.4, 0.5) is 5.82 Å². The van der Waals surface area contributed by atoms with Crippen LogP contribution in [0.3, 0.4) is 0 Å². The molecule has 132 valence electrons. The number of anilines is 1. The SMILES string of the molecule is Cc1nc2c(c(N3CCCC(CCN)C3)n1)Cc1ccccc1OC2. The van der Waals surface area contributed by atoms with Crippen molar-refractivity contribution in [3.63, 3.8) is 0 Å². The number of benzene rings is 1. The van der Waals surface area contributed by atoms with Crippen molar-refractivity contribution in [3.8, 4) is 5.75 Å². The van der Waals surface area contributed by atoms with Gasteiger partial charge in [0.2, 0.25) is 0 Å². The van der Waals surface area contributed by atoms with Crippen LogP contribution >= 0.6 is 0 Å². The highest BCUT2D eigenvalue weighted by atomic mass is 16.5. The van der Waals surface area contributed by atoms with Gasteiger partial charge >= 0.3 is 0 Å². The van der Waals surface area contributed by atoms with Crippen LogP contribution in [0, 0.1) is 12.8 Å². The third-order valence-corrected chi connectivity index (χ3v) is 5.28. The third kappa shape index (κ3) is 3.33. The zero-order valence-corrected chi connectivity index (χ0v) is 14.9. The fraction of sp³-hybridized carbons (Fsp3) is 0.500. The van der Waals surface area contributed by atoms with Crippen LogP contribution < -0.4 is 15.4 Å². The maximum absolute atomic E-state index is 6.01. The van der Waals surface area contributed by atoms with Crippen molar-refractivity contribution in [3.05, 3.63) is 46.9 Å². The highest BCUT2D eigenvalue weighted by Crippen LogP contribution is 2.33. The van der Waals surface area contributed by atoms with Gasteiger partial charge in [-0.15, -0.1) is 0 Å². The van der Waals surface area contributed by atoms with Gasteiger partial charge in [-0.2, -0.15) is 0 Å². The van der Waals surface area contributed by atoms with Crippen LogP contribution in [0.1, 0.15) is 41.9 Å². The maximum Gasteiger partial charge on any atom is 0.136 e. The summed E-state index contributed by atoms with van der Waals surface area (Å²) in [6.45, 7) is 5.36. The summed E-state index contributed by atoms with van der Waals surface area (Å²) < 4.78 is 6.01. The molecule has 0 radical (unpaired) electrons. The van der Waals surface area contributed by atoms with Gasteiger partial charge < -0.3 is 15.4 Å². The molecule has 1 unspecified atom stereocenters. The molecule has 2 aliphatic heterocycles. The minimum Gasteiger partial charge on any atom is -0.487 e. The molecular formula is C20H26N4O. The third-order valence-electron chi connectivity index (χ3n) is 5.28. The number of ether oxygens (including phenoxy) is 1. The molecule has 0 aliphatic carbocycles. The minimum absolute atomic E-state index is 0.517. The van der Waals surface area contributed by atoms with Crippen LogP contribution in [0.2, 0.25) is 0 Å². The molecule has 3 heterocycles. The second-order valence-electron chi connectivity index (χ2n) is 7.12. The van der Waals surface area contributed by atoms with E-state index in [1.165, 1.54) is 24.0 Å².